The second-order valence-corrected chi connectivity index (χ2v) is 10.9. The Morgan fingerprint density at radius 3 is 2.77 bits per heavy atom. The minimum absolute atomic E-state index is 0.0537. The molecule has 0 unspecified atom stereocenters. The molecule has 0 spiro atoms. The van der Waals surface area contributed by atoms with Crippen molar-refractivity contribution < 1.29 is 13.2 Å². The summed E-state index contributed by atoms with van der Waals surface area (Å²) in [7, 11) is -3.46. The van der Waals surface area contributed by atoms with Crippen LogP contribution in [-0.4, -0.2) is 72.9 Å². The largest absolute Gasteiger partial charge is 0.352 e. The topological polar surface area (TPSA) is 108 Å². The number of piperidine rings is 1. The molecule has 2 aliphatic rings. The van der Waals surface area contributed by atoms with Crippen LogP contribution in [0, 0.1) is 5.92 Å². The van der Waals surface area contributed by atoms with Gasteiger partial charge in [-0.3, -0.25) is 0 Å². The molecule has 0 aromatic carbocycles. The molecule has 2 saturated heterocycles. The molecule has 162 valence electrons. The maximum Gasteiger partial charge on any atom is 0.317 e. The fourth-order valence-corrected chi connectivity index (χ4v) is 6.46. The lowest BCUT2D eigenvalue weighted by molar-refractivity contribution is 0.219. The zero-order valence-electron chi connectivity index (χ0n) is 16.9. The van der Waals surface area contributed by atoms with Crippen molar-refractivity contribution >= 4 is 33.3 Å². The summed E-state index contributed by atoms with van der Waals surface area (Å²) in [5.74, 6) is 1.03. The van der Waals surface area contributed by atoms with E-state index in [1.54, 1.807) is 33.6 Å². The average Bonchev–Trinajstić information content (AvgIpc) is 3.39. The number of amides is 2. The van der Waals surface area contributed by atoms with Gasteiger partial charge in [0.25, 0.3) is 10.0 Å². The van der Waals surface area contributed by atoms with Gasteiger partial charge in [-0.1, -0.05) is 6.92 Å². The number of thiophene rings is 1. The van der Waals surface area contributed by atoms with Crippen molar-refractivity contribution in [3.63, 3.8) is 0 Å². The average molecular weight is 451 g/mol. The highest BCUT2D eigenvalue weighted by Gasteiger charge is 2.29. The summed E-state index contributed by atoms with van der Waals surface area (Å²) in [6.07, 6.45) is 3.45. The number of rotatable bonds is 7. The van der Waals surface area contributed by atoms with Crippen LogP contribution in [0.5, 0.6) is 0 Å². The summed E-state index contributed by atoms with van der Waals surface area (Å²) in [5.41, 5.74) is 0.671. The third-order valence-corrected chi connectivity index (χ3v) is 8.91. The van der Waals surface area contributed by atoms with E-state index in [9.17, 15) is 13.2 Å². The first kappa shape index (κ1) is 21.0. The first-order chi connectivity index (χ1) is 14.4. The lowest BCUT2D eigenvalue weighted by Gasteiger charge is -2.28. The molecule has 0 radical (unpaired) electrons. The fourth-order valence-electron chi connectivity index (χ4n) is 3.56. The second-order valence-electron chi connectivity index (χ2n) is 7.62. The number of sulfonamides is 1. The molecule has 4 heterocycles. The maximum absolute atomic E-state index is 13.0. The van der Waals surface area contributed by atoms with E-state index >= 15 is 0 Å². The second kappa shape index (κ2) is 8.86. The molecule has 2 aromatic heterocycles. The molecule has 2 aliphatic heterocycles. The molecule has 4 rings (SSSR count). The normalized spacial score (nSPS) is 18.6. The molecular formula is C19H26N6O3S2. The van der Waals surface area contributed by atoms with Gasteiger partial charge in [-0.25, -0.2) is 23.2 Å². The van der Waals surface area contributed by atoms with Gasteiger partial charge in [0.1, 0.15) is 4.21 Å². The molecule has 9 nitrogen and oxygen atoms in total. The summed E-state index contributed by atoms with van der Waals surface area (Å²) < 4.78 is 27.8. The predicted molar refractivity (Wildman–Crippen MR) is 116 cm³/mol. The summed E-state index contributed by atoms with van der Waals surface area (Å²) in [4.78, 5) is 22.8. The number of urea groups is 1. The van der Waals surface area contributed by atoms with Gasteiger partial charge in [0.05, 0.1) is 10.6 Å². The van der Waals surface area contributed by atoms with E-state index in [2.05, 4.69) is 27.5 Å². The highest BCUT2D eigenvalue weighted by molar-refractivity contribution is 7.91. The van der Waals surface area contributed by atoms with Crippen molar-refractivity contribution in [1.29, 1.82) is 0 Å². The lowest BCUT2D eigenvalue weighted by Crippen LogP contribution is -2.37. The van der Waals surface area contributed by atoms with Crippen molar-refractivity contribution in [2.75, 3.05) is 44.6 Å². The van der Waals surface area contributed by atoms with E-state index in [-0.39, 0.29) is 6.03 Å². The summed E-state index contributed by atoms with van der Waals surface area (Å²) >= 11 is 1.23. The molecule has 11 heteroatoms. The Morgan fingerprint density at radius 2 is 2.03 bits per heavy atom. The Kier molecular flexibility index (Phi) is 6.21. The predicted octanol–water partition coefficient (Wildman–Crippen LogP) is 2.06. The first-order valence-corrected chi connectivity index (χ1v) is 12.4. The zero-order valence-corrected chi connectivity index (χ0v) is 18.5. The number of carbonyl (C=O) groups excluding carboxylic acids is 1. The number of aromatic nitrogens is 2. The van der Waals surface area contributed by atoms with Gasteiger partial charge in [0.15, 0.2) is 0 Å². The standard InChI is InChI=1S/C19H26N6O3S2/c1-14-5-10-25(11-6-14)30(27,28)17-3-2-16(29-17)15-4-7-20-18(23-15)21-8-12-24-13-9-22-19(24)26/h2-4,7,14H,5-6,8-13H2,1H3,(H,22,26)(H,20,21,23). The highest BCUT2D eigenvalue weighted by Crippen LogP contribution is 2.33. The van der Waals surface area contributed by atoms with E-state index in [0.29, 0.717) is 61.0 Å². The summed E-state index contributed by atoms with van der Waals surface area (Å²) in [5, 5.41) is 5.90. The van der Waals surface area contributed by atoms with E-state index in [4.69, 9.17) is 0 Å². The Bertz CT molecular complexity index is 1000. The van der Waals surface area contributed by atoms with Crippen molar-refractivity contribution in [2.24, 2.45) is 5.92 Å². The van der Waals surface area contributed by atoms with E-state index in [0.717, 1.165) is 17.7 Å². The van der Waals surface area contributed by atoms with E-state index in [1.807, 2.05) is 0 Å². The molecule has 30 heavy (non-hydrogen) atoms. The van der Waals surface area contributed by atoms with Crippen LogP contribution in [0.15, 0.2) is 28.6 Å². The van der Waals surface area contributed by atoms with Crippen LogP contribution >= 0.6 is 11.3 Å². The van der Waals surface area contributed by atoms with Crippen molar-refractivity contribution in [2.45, 2.75) is 24.0 Å². The van der Waals surface area contributed by atoms with Crippen LogP contribution in [0.3, 0.4) is 0 Å². The molecular weight excluding hydrogens is 424 g/mol. The van der Waals surface area contributed by atoms with Crippen LogP contribution < -0.4 is 10.6 Å². The minimum atomic E-state index is -3.46. The van der Waals surface area contributed by atoms with E-state index in [1.165, 1.54) is 11.3 Å². The van der Waals surface area contributed by atoms with Gasteiger partial charge in [0.2, 0.25) is 5.95 Å². The van der Waals surface area contributed by atoms with E-state index < -0.39 is 10.0 Å². The number of carbonyl (C=O) groups is 1. The highest BCUT2D eigenvalue weighted by atomic mass is 32.2. The lowest BCUT2D eigenvalue weighted by atomic mass is 10.0. The Labute approximate surface area is 180 Å². The molecule has 0 atom stereocenters. The quantitative estimate of drug-likeness (QED) is 0.669. The number of hydrogen-bond acceptors (Lipinski definition) is 7. The third-order valence-electron chi connectivity index (χ3n) is 5.44. The van der Waals surface area contributed by atoms with Crippen molar-refractivity contribution in [1.82, 2.24) is 24.5 Å². The molecule has 2 aromatic rings. The van der Waals surface area contributed by atoms with Crippen LogP contribution in [0.2, 0.25) is 0 Å². The summed E-state index contributed by atoms with van der Waals surface area (Å²) in [6.45, 7) is 5.78. The van der Waals surface area contributed by atoms with Crippen molar-refractivity contribution in [3.8, 4) is 10.6 Å². The zero-order chi connectivity index (χ0) is 21.1. The molecule has 0 saturated carbocycles. The smallest absolute Gasteiger partial charge is 0.317 e. The van der Waals surface area contributed by atoms with Crippen molar-refractivity contribution in [3.05, 3.63) is 24.4 Å². The molecule has 2 amide bonds. The number of anilines is 1. The number of hydrogen-bond donors (Lipinski definition) is 2. The Balaban J connectivity index is 1.42. The van der Waals surface area contributed by atoms with Gasteiger partial charge in [-0.15, -0.1) is 11.3 Å². The van der Waals surface area contributed by atoms with Crippen LogP contribution in [0.25, 0.3) is 10.6 Å². The van der Waals surface area contributed by atoms with Gasteiger partial charge >= 0.3 is 6.03 Å². The van der Waals surface area contributed by atoms with Crippen LogP contribution in [-0.2, 0) is 10.0 Å². The summed E-state index contributed by atoms with van der Waals surface area (Å²) in [6, 6.07) is 5.17. The SMILES string of the molecule is CC1CCN(S(=O)(=O)c2ccc(-c3ccnc(NCCN4CCNC4=O)n3)s2)CC1. The Hall–Kier alpha value is -2.24. The molecule has 2 fully saturated rings. The van der Waals surface area contributed by atoms with Gasteiger partial charge < -0.3 is 15.5 Å². The minimum Gasteiger partial charge on any atom is -0.352 e. The molecule has 0 aliphatic carbocycles. The van der Waals surface area contributed by atoms with Gasteiger partial charge in [-0.2, -0.15) is 4.31 Å². The third kappa shape index (κ3) is 4.57. The van der Waals surface area contributed by atoms with Crippen LogP contribution in [0.4, 0.5) is 10.7 Å². The number of nitrogens with one attached hydrogen (secondary N) is 2. The fraction of sp³-hybridized carbons (Fsp3) is 0.526. The maximum atomic E-state index is 13.0. The van der Waals surface area contributed by atoms with Gasteiger partial charge in [0, 0.05) is 45.5 Å². The number of nitrogens with zero attached hydrogens (tertiary/aromatic N) is 4. The first-order valence-electron chi connectivity index (χ1n) is 10.1. The van der Waals surface area contributed by atoms with Crippen LogP contribution in [0.1, 0.15) is 19.8 Å². The molecule has 0 bridgehead atoms. The van der Waals surface area contributed by atoms with Gasteiger partial charge in [-0.05, 0) is 37.0 Å². The molecule has 2 N–H and O–H groups in total. The monoisotopic (exact) mass is 450 g/mol. The Morgan fingerprint density at radius 1 is 1.23 bits per heavy atom.